The number of nitrogens with zero attached hydrogens (tertiary/aromatic N) is 1. The molecule has 3 aliphatic rings. The van der Waals surface area contributed by atoms with Crippen molar-refractivity contribution in [3.63, 3.8) is 0 Å². The lowest BCUT2D eigenvalue weighted by Crippen LogP contribution is -2.42. The molecule has 4 rings (SSSR count). The number of hydrogen-bond donors (Lipinski definition) is 1. The molecule has 1 saturated heterocycles. The molecule has 0 aromatic carbocycles. The van der Waals surface area contributed by atoms with Crippen molar-refractivity contribution < 1.29 is 19.1 Å². The van der Waals surface area contributed by atoms with Crippen LogP contribution in [-0.4, -0.2) is 42.9 Å². The number of methoxy groups -OCH3 is 1. The summed E-state index contributed by atoms with van der Waals surface area (Å²) in [5.74, 6) is -0.0400. The van der Waals surface area contributed by atoms with E-state index in [0.717, 1.165) is 37.7 Å². The highest BCUT2D eigenvalue weighted by Crippen LogP contribution is 2.40. The van der Waals surface area contributed by atoms with E-state index in [2.05, 4.69) is 5.32 Å². The van der Waals surface area contributed by atoms with Crippen LogP contribution in [0.15, 0.2) is 0 Å². The van der Waals surface area contributed by atoms with Gasteiger partial charge in [0.05, 0.1) is 12.7 Å². The van der Waals surface area contributed by atoms with Crippen LogP contribution in [0.1, 0.15) is 52.9 Å². The molecule has 0 spiro atoms. The Balaban J connectivity index is 1.41. The second kappa shape index (κ2) is 7.02. The molecule has 0 bridgehead atoms. The minimum absolute atomic E-state index is 0.0476. The summed E-state index contributed by atoms with van der Waals surface area (Å²) in [4.78, 5) is 40.1. The Kier molecular flexibility index (Phi) is 4.73. The molecule has 6 nitrogen and oxygen atoms in total. The Morgan fingerprint density at radius 2 is 1.81 bits per heavy atom. The van der Waals surface area contributed by atoms with Crippen LogP contribution in [0.4, 0.5) is 5.00 Å². The maximum Gasteiger partial charge on any atom is 0.341 e. The van der Waals surface area contributed by atoms with Gasteiger partial charge in [-0.1, -0.05) is 0 Å². The van der Waals surface area contributed by atoms with Crippen LogP contribution in [0.25, 0.3) is 0 Å². The zero-order chi connectivity index (χ0) is 18.3. The first-order valence-electron chi connectivity index (χ1n) is 9.41. The zero-order valence-electron chi connectivity index (χ0n) is 15.0. The Labute approximate surface area is 156 Å². The van der Waals surface area contributed by atoms with E-state index in [4.69, 9.17) is 4.74 Å². The quantitative estimate of drug-likeness (QED) is 0.820. The first-order valence-corrected chi connectivity index (χ1v) is 10.2. The van der Waals surface area contributed by atoms with Gasteiger partial charge >= 0.3 is 5.97 Å². The Morgan fingerprint density at radius 3 is 2.46 bits per heavy atom. The van der Waals surface area contributed by atoms with Gasteiger partial charge in [0, 0.05) is 29.8 Å². The number of rotatable bonds is 4. The van der Waals surface area contributed by atoms with E-state index in [9.17, 15) is 14.4 Å². The third kappa shape index (κ3) is 3.24. The summed E-state index contributed by atoms with van der Waals surface area (Å²) >= 11 is 1.50. The van der Waals surface area contributed by atoms with E-state index < -0.39 is 0 Å². The smallest absolute Gasteiger partial charge is 0.341 e. The number of hydrogen-bond acceptors (Lipinski definition) is 5. The second-order valence-corrected chi connectivity index (χ2v) is 8.52. The van der Waals surface area contributed by atoms with Gasteiger partial charge in [-0.05, 0) is 50.5 Å². The number of piperidine rings is 1. The molecule has 2 amide bonds. The Hall–Kier alpha value is -1.89. The number of likely N-dealkylation sites (tertiary alicyclic amines) is 1. The normalized spacial score (nSPS) is 20.0. The zero-order valence-corrected chi connectivity index (χ0v) is 15.8. The number of nitrogens with one attached hydrogen (secondary N) is 1. The average Bonchev–Trinajstić information content (AvgIpc) is 3.32. The molecule has 1 saturated carbocycles. The van der Waals surface area contributed by atoms with Gasteiger partial charge in [0.15, 0.2) is 0 Å². The van der Waals surface area contributed by atoms with Crippen molar-refractivity contribution in [3.8, 4) is 0 Å². The molecule has 0 unspecified atom stereocenters. The molecule has 1 aromatic heterocycles. The van der Waals surface area contributed by atoms with Crippen LogP contribution in [0.2, 0.25) is 0 Å². The standard InChI is InChI=1S/C19H24N2O4S/c1-25-19(24)15-13-3-2-4-14(13)26-17(15)20-16(22)11-7-9-21(10-8-11)18(23)12-5-6-12/h11-12H,2-10H2,1H3,(H,20,22). The van der Waals surface area contributed by atoms with Crippen molar-refractivity contribution in [2.75, 3.05) is 25.5 Å². The van der Waals surface area contributed by atoms with Crippen molar-refractivity contribution >= 4 is 34.1 Å². The third-order valence-corrected chi connectivity index (χ3v) is 6.86. The number of thiophene rings is 1. The maximum absolute atomic E-state index is 12.7. The lowest BCUT2D eigenvalue weighted by Gasteiger charge is -2.31. The highest BCUT2D eigenvalue weighted by molar-refractivity contribution is 7.17. The number of carbonyl (C=O) groups is 3. The van der Waals surface area contributed by atoms with Gasteiger partial charge in [0.2, 0.25) is 11.8 Å². The number of fused-ring (bicyclic) bond motifs is 1. The Morgan fingerprint density at radius 1 is 1.08 bits per heavy atom. The van der Waals surface area contributed by atoms with Gasteiger partial charge in [0.1, 0.15) is 5.00 Å². The fraction of sp³-hybridized carbons (Fsp3) is 0.632. The summed E-state index contributed by atoms with van der Waals surface area (Å²) in [6, 6.07) is 0. The monoisotopic (exact) mass is 376 g/mol. The molecule has 1 aromatic rings. The summed E-state index contributed by atoms with van der Waals surface area (Å²) in [6.07, 6.45) is 6.27. The van der Waals surface area contributed by atoms with Crippen LogP contribution >= 0.6 is 11.3 Å². The number of esters is 1. The van der Waals surface area contributed by atoms with E-state index in [1.54, 1.807) is 0 Å². The molecular weight excluding hydrogens is 352 g/mol. The molecule has 140 valence electrons. The van der Waals surface area contributed by atoms with E-state index in [0.29, 0.717) is 36.5 Å². The van der Waals surface area contributed by atoms with Gasteiger partial charge in [-0.25, -0.2) is 4.79 Å². The van der Waals surface area contributed by atoms with E-state index in [1.165, 1.54) is 23.3 Å². The number of anilines is 1. The van der Waals surface area contributed by atoms with Gasteiger partial charge in [-0.3, -0.25) is 9.59 Å². The van der Waals surface area contributed by atoms with Crippen molar-refractivity contribution in [1.82, 2.24) is 4.90 Å². The van der Waals surface area contributed by atoms with E-state index in [-0.39, 0.29) is 29.6 Å². The summed E-state index contributed by atoms with van der Waals surface area (Å²) in [5.41, 5.74) is 1.58. The molecule has 1 N–H and O–H groups in total. The lowest BCUT2D eigenvalue weighted by atomic mass is 9.95. The van der Waals surface area contributed by atoms with Crippen molar-refractivity contribution in [2.24, 2.45) is 11.8 Å². The van der Waals surface area contributed by atoms with Crippen molar-refractivity contribution in [3.05, 3.63) is 16.0 Å². The minimum atomic E-state index is -0.371. The van der Waals surface area contributed by atoms with Crippen LogP contribution < -0.4 is 5.32 Å². The number of amides is 2. The van der Waals surface area contributed by atoms with E-state index >= 15 is 0 Å². The topological polar surface area (TPSA) is 75.7 Å². The largest absolute Gasteiger partial charge is 0.465 e. The summed E-state index contributed by atoms with van der Waals surface area (Å²) < 4.78 is 4.93. The Bertz CT molecular complexity index is 745. The van der Waals surface area contributed by atoms with Crippen LogP contribution in [0, 0.1) is 11.8 Å². The third-order valence-electron chi connectivity index (χ3n) is 5.65. The maximum atomic E-state index is 12.7. The number of aryl methyl sites for hydroxylation is 1. The molecule has 2 aliphatic carbocycles. The number of ether oxygens (including phenoxy) is 1. The SMILES string of the molecule is COC(=O)c1c(NC(=O)C2CCN(C(=O)C3CC3)CC2)sc2c1CCC2. The predicted molar refractivity (Wildman–Crippen MR) is 98.3 cm³/mol. The van der Waals surface area contributed by atoms with E-state index in [1.807, 2.05) is 4.90 Å². The van der Waals surface area contributed by atoms with Crippen LogP contribution in [-0.2, 0) is 27.2 Å². The fourth-order valence-corrected chi connectivity index (χ4v) is 5.26. The van der Waals surface area contributed by atoms with Gasteiger partial charge in [-0.15, -0.1) is 11.3 Å². The second-order valence-electron chi connectivity index (χ2n) is 7.42. The summed E-state index contributed by atoms with van der Waals surface area (Å²) in [6.45, 7) is 1.30. The average molecular weight is 376 g/mol. The molecule has 2 fully saturated rings. The summed E-state index contributed by atoms with van der Waals surface area (Å²) in [7, 11) is 1.37. The molecule has 0 radical (unpaired) electrons. The molecular formula is C19H24N2O4S. The molecule has 26 heavy (non-hydrogen) atoms. The number of carbonyl (C=O) groups excluding carboxylic acids is 3. The van der Waals surface area contributed by atoms with Crippen molar-refractivity contribution in [2.45, 2.75) is 44.9 Å². The van der Waals surface area contributed by atoms with Crippen LogP contribution in [0.3, 0.4) is 0 Å². The molecule has 2 heterocycles. The minimum Gasteiger partial charge on any atom is -0.465 e. The summed E-state index contributed by atoms with van der Waals surface area (Å²) in [5, 5.41) is 3.61. The molecule has 0 atom stereocenters. The first kappa shape index (κ1) is 17.5. The highest BCUT2D eigenvalue weighted by Gasteiger charge is 2.36. The van der Waals surface area contributed by atoms with Crippen LogP contribution in [0.5, 0.6) is 0 Å². The molecule has 1 aliphatic heterocycles. The van der Waals surface area contributed by atoms with Gasteiger partial charge < -0.3 is 15.0 Å². The predicted octanol–water partition coefficient (Wildman–Crippen LogP) is 2.61. The molecule has 7 heteroatoms. The van der Waals surface area contributed by atoms with Gasteiger partial charge in [0.25, 0.3) is 0 Å². The highest BCUT2D eigenvalue weighted by atomic mass is 32.1. The van der Waals surface area contributed by atoms with Crippen molar-refractivity contribution in [1.29, 1.82) is 0 Å². The first-order chi connectivity index (χ1) is 12.6. The fourth-order valence-electron chi connectivity index (χ4n) is 3.97. The van der Waals surface area contributed by atoms with Gasteiger partial charge in [-0.2, -0.15) is 0 Å². The lowest BCUT2D eigenvalue weighted by molar-refractivity contribution is -0.135.